The van der Waals surface area contributed by atoms with Crippen molar-refractivity contribution < 1.29 is 13.2 Å². The predicted molar refractivity (Wildman–Crippen MR) is 118 cm³/mol. The van der Waals surface area contributed by atoms with E-state index in [-0.39, 0.29) is 29.2 Å². The average Bonchev–Trinajstić information content (AvgIpc) is 3.08. The number of nitrogens with zero attached hydrogens (tertiary/aromatic N) is 2. The molecule has 1 saturated carbocycles. The molecule has 8 heteroatoms. The van der Waals surface area contributed by atoms with Gasteiger partial charge in [0.2, 0.25) is 15.9 Å². The number of fused-ring (bicyclic) bond motifs is 1. The first-order chi connectivity index (χ1) is 14.3. The van der Waals surface area contributed by atoms with E-state index in [1.54, 1.807) is 11.4 Å². The molecule has 30 heavy (non-hydrogen) atoms. The van der Waals surface area contributed by atoms with Crippen LogP contribution >= 0.6 is 0 Å². The third-order valence-corrected chi connectivity index (χ3v) is 10.9. The summed E-state index contributed by atoms with van der Waals surface area (Å²) < 4.78 is 28.1. The molecule has 0 radical (unpaired) electrons. The molecule has 4 atom stereocenters. The summed E-state index contributed by atoms with van der Waals surface area (Å²) in [7, 11) is -1.42. The van der Waals surface area contributed by atoms with Gasteiger partial charge in [-0.2, -0.15) is 0 Å². The average molecular weight is 441 g/mol. The first kappa shape index (κ1) is 22.5. The minimum atomic E-state index is -3.15. The summed E-state index contributed by atoms with van der Waals surface area (Å²) in [4.78, 5) is 12.4. The van der Waals surface area contributed by atoms with Crippen molar-refractivity contribution in [3.8, 4) is 0 Å². The van der Waals surface area contributed by atoms with Crippen molar-refractivity contribution in [2.45, 2.75) is 82.5 Å². The number of amides is 1. The minimum Gasteiger partial charge on any atom is -0.359 e. The van der Waals surface area contributed by atoms with Gasteiger partial charge in [0.05, 0.1) is 11.2 Å². The van der Waals surface area contributed by atoms with Crippen LogP contribution in [0.15, 0.2) is 0 Å². The standard InChI is InChI=1S/C22H40N4O3S/c1-15-4-6-19(7-5-15)30(28,29)25-11-8-17(9-12-25)18-10-13-26-20(14-18)21(16(2)24-26)22(27)23-3/h15-21,24H,4-14H2,1-3H3,(H,23,27). The largest absolute Gasteiger partial charge is 0.359 e. The van der Waals surface area contributed by atoms with Crippen molar-refractivity contribution in [3.05, 3.63) is 0 Å². The van der Waals surface area contributed by atoms with Crippen molar-refractivity contribution in [1.82, 2.24) is 20.1 Å². The summed E-state index contributed by atoms with van der Waals surface area (Å²) in [5, 5.41) is 4.97. The molecule has 2 N–H and O–H groups in total. The zero-order valence-electron chi connectivity index (χ0n) is 18.8. The second kappa shape index (κ2) is 9.04. The van der Waals surface area contributed by atoms with Crippen LogP contribution in [0.2, 0.25) is 0 Å². The lowest BCUT2D eigenvalue weighted by molar-refractivity contribution is -0.126. The van der Waals surface area contributed by atoms with Crippen LogP contribution in [0.1, 0.15) is 65.2 Å². The zero-order chi connectivity index (χ0) is 21.5. The van der Waals surface area contributed by atoms with E-state index in [0.29, 0.717) is 30.8 Å². The van der Waals surface area contributed by atoms with Crippen LogP contribution in [0.4, 0.5) is 0 Å². The van der Waals surface area contributed by atoms with E-state index in [1.807, 2.05) is 0 Å². The number of carbonyl (C=O) groups is 1. The Hall–Kier alpha value is -0.700. The molecule has 4 unspecified atom stereocenters. The molecule has 3 saturated heterocycles. The highest BCUT2D eigenvalue weighted by molar-refractivity contribution is 7.89. The lowest BCUT2D eigenvalue weighted by atomic mass is 9.74. The molecule has 4 fully saturated rings. The van der Waals surface area contributed by atoms with Gasteiger partial charge < -0.3 is 5.32 Å². The van der Waals surface area contributed by atoms with Crippen LogP contribution in [0, 0.1) is 23.7 Å². The van der Waals surface area contributed by atoms with Crippen LogP contribution < -0.4 is 10.7 Å². The number of piperidine rings is 2. The molecular weight excluding hydrogens is 400 g/mol. The van der Waals surface area contributed by atoms with E-state index < -0.39 is 10.0 Å². The lowest BCUT2D eigenvalue weighted by Crippen LogP contribution is -2.50. The Labute approximate surface area is 182 Å². The van der Waals surface area contributed by atoms with Crippen molar-refractivity contribution in [2.24, 2.45) is 23.7 Å². The van der Waals surface area contributed by atoms with Crippen LogP contribution in [-0.2, 0) is 14.8 Å². The number of sulfonamides is 1. The number of rotatable bonds is 4. The highest BCUT2D eigenvalue weighted by atomic mass is 32.2. The van der Waals surface area contributed by atoms with E-state index >= 15 is 0 Å². The quantitative estimate of drug-likeness (QED) is 0.698. The van der Waals surface area contributed by atoms with Crippen molar-refractivity contribution >= 4 is 15.9 Å². The predicted octanol–water partition coefficient (Wildman–Crippen LogP) is 1.96. The third-order valence-electron chi connectivity index (χ3n) is 8.47. The van der Waals surface area contributed by atoms with Crippen LogP contribution in [-0.4, -0.2) is 67.7 Å². The van der Waals surface area contributed by atoms with E-state index in [9.17, 15) is 13.2 Å². The summed E-state index contributed by atoms with van der Waals surface area (Å²) in [6, 6.07) is 0.420. The Morgan fingerprint density at radius 1 is 0.933 bits per heavy atom. The fourth-order valence-electron chi connectivity index (χ4n) is 6.54. The summed E-state index contributed by atoms with van der Waals surface area (Å²) in [5.74, 6) is 1.95. The summed E-state index contributed by atoms with van der Waals surface area (Å²) in [6.45, 7) is 6.67. The third kappa shape index (κ3) is 4.30. The molecule has 172 valence electrons. The maximum Gasteiger partial charge on any atom is 0.226 e. The molecule has 7 nitrogen and oxygen atoms in total. The fourth-order valence-corrected chi connectivity index (χ4v) is 8.55. The van der Waals surface area contributed by atoms with E-state index in [1.165, 1.54) is 0 Å². The molecule has 3 aliphatic heterocycles. The van der Waals surface area contributed by atoms with Gasteiger partial charge in [-0.05, 0) is 76.0 Å². The van der Waals surface area contributed by atoms with Gasteiger partial charge in [-0.15, -0.1) is 0 Å². The molecule has 1 amide bonds. The second-order valence-corrected chi connectivity index (χ2v) is 12.5. The second-order valence-electron chi connectivity index (χ2n) is 10.3. The smallest absolute Gasteiger partial charge is 0.226 e. The van der Waals surface area contributed by atoms with Crippen LogP contribution in [0.5, 0.6) is 0 Å². The molecule has 0 aromatic rings. The Balaban J connectivity index is 1.34. The van der Waals surface area contributed by atoms with Gasteiger partial charge in [-0.1, -0.05) is 6.92 Å². The van der Waals surface area contributed by atoms with Crippen molar-refractivity contribution in [3.63, 3.8) is 0 Å². The Morgan fingerprint density at radius 3 is 2.20 bits per heavy atom. The molecule has 0 aromatic carbocycles. The van der Waals surface area contributed by atoms with Gasteiger partial charge in [0.15, 0.2) is 0 Å². The molecule has 0 spiro atoms. The summed E-state index contributed by atoms with van der Waals surface area (Å²) in [5.41, 5.74) is 3.50. The van der Waals surface area contributed by atoms with Gasteiger partial charge in [0.1, 0.15) is 0 Å². The number of hydrogen-bond acceptors (Lipinski definition) is 5. The molecule has 0 bridgehead atoms. The fraction of sp³-hybridized carbons (Fsp3) is 0.955. The Kier molecular flexibility index (Phi) is 6.78. The lowest BCUT2D eigenvalue weighted by Gasteiger charge is -2.42. The van der Waals surface area contributed by atoms with Crippen LogP contribution in [0.3, 0.4) is 0 Å². The summed E-state index contributed by atoms with van der Waals surface area (Å²) >= 11 is 0. The molecule has 4 rings (SSSR count). The van der Waals surface area contributed by atoms with E-state index in [2.05, 4.69) is 29.6 Å². The van der Waals surface area contributed by atoms with E-state index in [0.717, 1.165) is 57.9 Å². The summed E-state index contributed by atoms with van der Waals surface area (Å²) in [6.07, 6.45) is 7.84. The maximum atomic E-state index is 13.1. The normalized spacial score (nSPS) is 39.6. The minimum absolute atomic E-state index is 0.00744. The van der Waals surface area contributed by atoms with Gasteiger partial charge in [0, 0.05) is 38.8 Å². The van der Waals surface area contributed by atoms with Gasteiger partial charge >= 0.3 is 0 Å². The van der Waals surface area contributed by atoms with Gasteiger partial charge in [-0.25, -0.2) is 17.7 Å². The maximum absolute atomic E-state index is 13.1. The van der Waals surface area contributed by atoms with Gasteiger partial charge in [0.25, 0.3) is 0 Å². The number of hydrazine groups is 1. The van der Waals surface area contributed by atoms with E-state index in [4.69, 9.17) is 0 Å². The SMILES string of the molecule is CNC(=O)C1C(C)NN2CCC(C3CCN(S(=O)(=O)C4CCC(C)CC4)CC3)CC12. The first-order valence-electron chi connectivity index (χ1n) is 12.0. The molecule has 1 aliphatic carbocycles. The Morgan fingerprint density at radius 2 is 1.57 bits per heavy atom. The zero-order valence-corrected chi connectivity index (χ0v) is 19.7. The topological polar surface area (TPSA) is 81.8 Å². The van der Waals surface area contributed by atoms with Crippen molar-refractivity contribution in [1.29, 1.82) is 0 Å². The van der Waals surface area contributed by atoms with Gasteiger partial charge in [-0.3, -0.25) is 10.2 Å². The Bertz CT molecular complexity index is 714. The molecular formula is C22H40N4O3S. The molecule has 4 aliphatic rings. The number of nitrogens with one attached hydrogen (secondary N) is 2. The highest BCUT2D eigenvalue weighted by Gasteiger charge is 2.47. The number of carbonyl (C=O) groups excluding carboxylic acids is 1. The molecule has 0 aromatic heterocycles. The monoisotopic (exact) mass is 440 g/mol. The molecule has 3 heterocycles. The number of hydrogen-bond donors (Lipinski definition) is 2. The van der Waals surface area contributed by atoms with Crippen molar-refractivity contribution in [2.75, 3.05) is 26.7 Å². The van der Waals surface area contributed by atoms with Crippen LogP contribution in [0.25, 0.3) is 0 Å². The first-order valence-corrected chi connectivity index (χ1v) is 13.5. The highest BCUT2D eigenvalue weighted by Crippen LogP contribution is 2.40.